The minimum absolute atomic E-state index is 0.712. The van der Waals surface area contributed by atoms with Crippen molar-refractivity contribution < 1.29 is 14.2 Å². The maximum absolute atomic E-state index is 5.89. The van der Waals surface area contributed by atoms with Crippen LogP contribution in [0.1, 0.15) is 25.7 Å². The van der Waals surface area contributed by atoms with E-state index < -0.39 is 0 Å². The Morgan fingerprint density at radius 1 is 1.00 bits per heavy atom. The van der Waals surface area contributed by atoms with Gasteiger partial charge in [0.05, 0.1) is 6.61 Å². The van der Waals surface area contributed by atoms with Crippen LogP contribution in [0, 0.1) is 0 Å². The van der Waals surface area contributed by atoms with Crippen molar-refractivity contribution in [3.8, 4) is 5.75 Å². The van der Waals surface area contributed by atoms with E-state index in [-0.39, 0.29) is 0 Å². The Hall–Kier alpha value is -2.37. The van der Waals surface area contributed by atoms with E-state index in [4.69, 9.17) is 25.8 Å². The predicted octanol–water partition coefficient (Wildman–Crippen LogP) is 5.08. The Labute approximate surface area is 183 Å². The number of benzene rings is 1. The highest BCUT2D eigenvalue weighted by molar-refractivity contribution is 6.30. The van der Waals surface area contributed by atoms with Gasteiger partial charge in [0.15, 0.2) is 6.26 Å². The lowest BCUT2D eigenvalue weighted by atomic mass is 10.0. The SMILES string of the molecule is Clc1ccc(OCCCN2CCN(C3=COC(CC4=CC=CCC4)=CO3)CC2)cc1. The van der Waals surface area contributed by atoms with Gasteiger partial charge in [-0.3, -0.25) is 4.90 Å². The van der Waals surface area contributed by atoms with Crippen LogP contribution in [0.25, 0.3) is 0 Å². The number of nitrogens with zero attached hydrogens (tertiary/aromatic N) is 2. The van der Waals surface area contributed by atoms with E-state index in [1.165, 1.54) is 5.57 Å². The molecule has 0 saturated carbocycles. The van der Waals surface area contributed by atoms with Crippen LogP contribution in [-0.4, -0.2) is 49.1 Å². The third kappa shape index (κ3) is 6.07. The maximum atomic E-state index is 5.89. The first-order valence-electron chi connectivity index (χ1n) is 10.7. The highest BCUT2D eigenvalue weighted by Crippen LogP contribution is 2.25. The smallest absolute Gasteiger partial charge is 0.231 e. The van der Waals surface area contributed by atoms with Crippen LogP contribution in [-0.2, 0) is 9.47 Å². The number of rotatable bonds is 8. The summed E-state index contributed by atoms with van der Waals surface area (Å²) in [5.41, 5.74) is 1.39. The fourth-order valence-electron chi connectivity index (χ4n) is 3.76. The van der Waals surface area contributed by atoms with Crippen molar-refractivity contribution in [1.82, 2.24) is 9.80 Å². The molecule has 0 aromatic heterocycles. The Morgan fingerprint density at radius 2 is 1.83 bits per heavy atom. The summed E-state index contributed by atoms with van der Waals surface area (Å²) in [6.45, 7) is 5.64. The van der Waals surface area contributed by atoms with E-state index in [0.29, 0.717) is 6.61 Å². The predicted molar refractivity (Wildman–Crippen MR) is 119 cm³/mol. The Bertz CT molecular complexity index is 821. The molecular weight excluding hydrogens is 400 g/mol. The summed E-state index contributed by atoms with van der Waals surface area (Å²) in [4.78, 5) is 4.72. The Morgan fingerprint density at radius 3 is 2.53 bits per heavy atom. The average Bonchev–Trinajstić information content (AvgIpc) is 2.80. The maximum Gasteiger partial charge on any atom is 0.231 e. The van der Waals surface area contributed by atoms with Crippen molar-refractivity contribution in [2.45, 2.75) is 25.7 Å². The molecule has 0 atom stereocenters. The second-order valence-electron chi connectivity index (χ2n) is 7.73. The van der Waals surface area contributed by atoms with Crippen LogP contribution < -0.4 is 4.74 Å². The number of hydrogen-bond donors (Lipinski definition) is 0. The normalized spacial score (nSPS) is 19.4. The molecule has 5 nitrogen and oxygen atoms in total. The second kappa shape index (κ2) is 10.6. The Balaban J connectivity index is 1.12. The summed E-state index contributed by atoms with van der Waals surface area (Å²) < 4.78 is 17.5. The minimum Gasteiger partial charge on any atom is -0.494 e. The van der Waals surface area contributed by atoms with Gasteiger partial charge < -0.3 is 19.1 Å². The fraction of sp³-hybridized carbons (Fsp3) is 0.417. The van der Waals surface area contributed by atoms with Crippen molar-refractivity contribution >= 4 is 11.6 Å². The Kier molecular flexibility index (Phi) is 7.38. The van der Waals surface area contributed by atoms with Crippen LogP contribution >= 0.6 is 11.6 Å². The van der Waals surface area contributed by atoms with Crippen LogP contribution in [0.2, 0.25) is 5.02 Å². The molecule has 0 bridgehead atoms. The summed E-state index contributed by atoms with van der Waals surface area (Å²) in [6.07, 6.45) is 14.0. The molecular formula is C24H29ClN2O3. The molecule has 1 aliphatic carbocycles. The molecule has 0 radical (unpaired) electrons. The number of allylic oxidation sites excluding steroid dienone is 4. The summed E-state index contributed by atoms with van der Waals surface area (Å²) in [5, 5.41) is 0.730. The molecule has 4 rings (SSSR count). The summed E-state index contributed by atoms with van der Waals surface area (Å²) in [6, 6.07) is 7.52. The van der Waals surface area contributed by atoms with Crippen molar-refractivity contribution in [3.05, 3.63) is 77.3 Å². The van der Waals surface area contributed by atoms with Crippen molar-refractivity contribution in [2.24, 2.45) is 0 Å². The van der Waals surface area contributed by atoms with Gasteiger partial charge in [0.1, 0.15) is 17.8 Å². The van der Waals surface area contributed by atoms with Crippen LogP contribution in [0.3, 0.4) is 0 Å². The molecule has 1 aromatic carbocycles. The fourth-order valence-corrected chi connectivity index (χ4v) is 3.89. The molecule has 1 aromatic rings. The molecule has 6 heteroatoms. The lowest BCUT2D eigenvalue weighted by Crippen LogP contribution is -2.46. The van der Waals surface area contributed by atoms with Crippen molar-refractivity contribution in [3.63, 3.8) is 0 Å². The molecule has 2 heterocycles. The standard InChI is InChI=1S/C24H29ClN2O3/c25-21-7-9-22(10-8-21)28-16-4-11-26-12-14-27(15-13-26)24-19-29-23(18-30-24)17-20-5-2-1-3-6-20/h1-2,5,7-10,18-19H,3-4,6,11-17H2. The topological polar surface area (TPSA) is 34.2 Å². The van der Waals surface area contributed by atoms with Gasteiger partial charge in [-0.1, -0.05) is 35.4 Å². The molecule has 1 fully saturated rings. The first kappa shape index (κ1) is 20.9. The van der Waals surface area contributed by atoms with Gasteiger partial charge in [0, 0.05) is 44.2 Å². The van der Waals surface area contributed by atoms with Gasteiger partial charge in [-0.05, 0) is 43.5 Å². The van der Waals surface area contributed by atoms with Gasteiger partial charge in [-0.25, -0.2) is 0 Å². The molecule has 0 N–H and O–H groups in total. The number of piperazine rings is 1. The zero-order valence-electron chi connectivity index (χ0n) is 17.3. The van der Waals surface area contributed by atoms with Crippen LogP contribution in [0.15, 0.2) is 72.2 Å². The van der Waals surface area contributed by atoms with E-state index in [1.54, 1.807) is 12.5 Å². The minimum atomic E-state index is 0.712. The first-order chi connectivity index (χ1) is 14.8. The molecule has 160 valence electrons. The monoisotopic (exact) mass is 428 g/mol. The van der Waals surface area contributed by atoms with E-state index in [2.05, 4.69) is 28.0 Å². The number of halogens is 1. The third-order valence-corrected chi connectivity index (χ3v) is 5.76. The van der Waals surface area contributed by atoms with Gasteiger partial charge in [-0.2, -0.15) is 0 Å². The van der Waals surface area contributed by atoms with Crippen molar-refractivity contribution in [1.29, 1.82) is 0 Å². The lowest BCUT2D eigenvalue weighted by Gasteiger charge is -2.36. The molecule has 0 spiro atoms. The number of hydrogen-bond acceptors (Lipinski definition) is 5. The largest absolute Gasteiger partial charge is 0.494 e. The van der Waals surface area contributed by atoms with Gasteiger partial charge in [0.2, 0.25) is 5.88 Å². The molecule has 0 amide bonds. The number of ether oxygens (including phenoxy) is 3. The summed E-state index contributed by atoms with van der Waals surface area (Å²) in [5.74, 6) is 2.55. The van der Waals surface area contributed by atoms with E-state index in [1.807, 2.05) is 24.3 Å². The summed E-state index contributed by atoms with van der Waals surface area (Å²) >= 11 is 5.89. The third-order valence-electron chi connectivity index (χ3n) is 5.51. The van der Waals surface area contributed by atoms with E-state index >= 15 is 0 Å². The van der Waals surface area contributed by atoms with Gasteiger partial charge in [0.25, 0.3) is 0 Å². The zero-order valence-corrected chi connectivity index (χ0v) is 18.0. The molecule has 1 saturated heterocycles. The second-order valence-corrected chi connectivity index (χ2v) is 8.17. The van der Waals surface area contributed by atoms with Crippen LogP contribution in [0.5, 0.6) is 5.75 Å². The first-order valence-corrected chi connectivity index (χ1v) is 11.1. The highest BCUT2D eigenvalue weighted by atomic mass is 35.5. The summed E-state index contributed by atoms with van der Waals surface area (Å²) in [7, 11) is 0. The van der Waals surface area contributed by atoms with Gasteiger partial charge >= 0.3 is 0 Å². The molecule has 30 heavy (non-hydrogen) atoms. The van der Waals surface area contributed by atoms with E-state index in [0.717, 1.165) is 80.8 Å². The van der Waals surface area contributed by atoms with Crippen LogP contribution in [0.4, 0.5) is 0 Å². The molecule has 3 aliphatic rings. The molecule has 2 aliphatic heterocycles. The average molecular weight is 429 g/mol. The van der Waals surface area contributed by atoms with Gasteiger partial charge in [-0.15, -0.1) is 0 Å². The highest BCUT2D eigenvalue weighted by Gasteiger charge is 2.22. The van der Waals surface area contributed by atoms with E-state index in [9.17, 15) is 0 Å². The zero-order chi connectivity index (χ0) is 20.6. The quantitative estimate of drug-likeness (QED) is 0.539. The lowest BCUT2D eigenvalue weighted by molar-refractivity contribution is 0.0806. The van der Waals surface area contributed by atoms with Crippen molar-refractivity contribution in [2.75, 3.05) is 39.3 Å². The molecule has 0 unspecified atom stereocenters.